The summed E-state index contributed by atoms with van der Waals surface area (Å²) >= 11 is 0. The number of nitrogens with one attached hydrogen (secondary N) is 1. The summed E-state index contributed by atoms with van der Waals surface area (Å²) in [4.78, 5) is 21.7. The van der Waals surface area contributed by atoms with Gasteiger partial charge in [-0.15, -0.1) is 0 Å². The second-order valence-corrected chi connectivity index (χ2v) is 4.39. The van der Waals surface area contributed by atoms with Gasteiger partial charge in [0, 0.05) is 32.0 Å². The van der Waals surface area contributed by atoms with Crippen LogP contribution in [0.15, 0.2) is 18.6 Å². The fraction of sp³-hybridized carbons (Fsp3) is 0.583. The number of aromatic nitrogens is 2. The Morgan fingerprint density at radius 2 is 2.50 bits per heavy atom. The molecule has 6 heteroatoms. The maximum atomic E-state index is 11.7. The summed E-state index contributed by atoms with van der Waals surface area (Å²) in [6.45, 7) is 3.25. The lowest BCUT2D eigenvalue weighted by molar-refractivity contribution is -0.0226. The third kappa shape index (κ3) is 3.75. The first-order chi connectivity index (χ1) is 8.75. The Hall–Kier alpha value is -1.53. The predicted molar refractivity (Wildman–Crippen MR) is 66.2 cm³/mol. The number of carbonyl (C=O) groups excluding carboxylic acids is 1. The van der Waals surface area contributed by atoms with Crippen molar-refractivity contribution in [2.24, 2.45) is 0 Å². The van der Waals surface area contributed by atoms with Crippen molar-refractivity contribution >= 4 is 5.91 Å². The number of amides is 1. The van der Waals surface area contributed by atoms with Gasteiger partial charge in [-0.2, -0.15) is 0 Å². The third-order valence-corrected chi connectivity index (χ3v) is 2.89. The molecular weight excluding hydrogens is 232 g/mol. The van der Waals surface area contributed by atoms with E-state index >= 15 is 0 Å². The number of likely N-dealkylation sites (N-methyl/N-ethyl adjacent to an activating group) is 1. The zero-order valence-electron chi connectivity index (χ0n) is 10.5. The molecule has 6 nitrogen and oxygen atoms in total. The van der Waals surface area contributed by atoms with E-state index in [1.807, 2.05) is 0 Å². The standard InChI is InChI=1S/C12H18N4O2/c1-16-6-7-18-10(9-16)2-3-15-12(17)11-8-13-4-5-14-11/h4-5,8,10H,2-3,6-7,9H2,1H3,(H,15,17). The van der Waals surface area contributed by atoms with Crippen molar-refractivity contribution in [1.29, 1.82) is 0 Å². The van der Waals surface area contributed by atoms with Gasteiger partial charge >= 0.3 is 0 Å². The second-order valence-electron chi connectivity index (χ2n) is 4.39. The molecule has 1 unspecified atom stereocenters. The monoisotopic (exact) mass is 250 g/mol. The van der Waals surface area contributed by atoms with Gasteiger partial charge in [0.05, 0.1) is 18.9 Å². The molecular formula is C12H18N4O2. The summed E-state index contributed by atoms with van der Waals surface area (Å²) in [5.41, 5.74) is 0.346. The van der Waals surface area contributed by atoms with Crippen LogP contribution < -0.4 is 5.32 Å². The lowest BCUT2D eigenvalue weighted by atomic mass is 10.2. The lowest BCUT2D eigenvalue weighted by Crippen LogP contribution is -2.41. The minimum Gasteiger partial charge on any atom is -0.375 e. The minimum atomic E-state index is -0.188. The number of carbonyl (C=O) groups is 1. The van der Waals surface area contributed by atoms with Gasteiger partial charge in [0.2, 0.25) is 0 Å². The van der Waals surface area contributed by atoms with Crippen molar-refractivity contribution < 1.29 is 9.53 Å². The van der Waals surface area contributed by atoms with Gasteiger partial charge in [-0.25, -0.2) is 4.98 Å². The Balaban J connectivity index is 1.70. The van der Waals surface area contributed by atoms with Gasteiger partial charge in [0.25, 0.3) is 5.91 Å². The Bertz CT molecular complexity index is 385. The molecule has 1 amide bonds. The van der Waals surface area contributed by atoms with Gasteiger partial charge in [0.15, 0.2) is 0 Å². The number of hydrogen-bond donors (Lipinski definition) is 1. The van der Waals surface area contributed by atoms with Gasteiger partial charge < -0.3 is 15.0 Å². The van der Waals surface area contributed by atoms with E-state index in [9.17, 15) is 4.79 Å². The molecule has 1 atom stereocenters. The summed E-state index contributed by atoms with van der Waals surface area (Å²) in [5, 5.41) is 2.82. The van der Waals surface area contributed by atoms with Crippen LogP contribution in [-0.4, -0.2) is 60.2 Å². The van der Waals surface area contributed by atoms with E-state index in [1.54, 1.807) is 6.20 Å². The second kappa shape index (κ2) is 6.42. The van der Waals surface area contributed by atoms with E-state index in [0.717, 1.165) is 26.1 Å². The molecule has 0 saturated carbocycles. The maximum absolute atomic E-state index is 11.7. The van der Waals surface area contributed by atoms with Crippen LogP contribution in [0.3, 0.4) is 0 Å². The zero-order chi connectivity index (χ0) is 12.8. The van der Waals surface area contributed by atoms with Gasteiger partial charge in [-0.1, -0.05) is 0 Å². The molecule has 0 aliphatic carbocycles. The van der Waals surface area contributed by atoms with Crippen molar-refractivity contribution in [2.45, 2.75) is 12.5 Å². The van der Waals surface area contributed by atoms with Crippen molar-refractivity contribution in [3.63, 3.8) is 0 Å². The van der Waals surface area contributed by atoms with E-state index in [2.05, 4.69) is 27.2 Å². The van der Waals surface area contributed by atoms with Crippen molar-refractivity contribution in [3.8, 4) is 0 Å². The molecule has 0 spiro atoms. The van der Waals surface area contributed by atoms with Gasteiger partial charge in [-0.05, 0) is 13.5 Å². The Morgan fingerprint density at radius 3 is 3.22 bits per heavy atom. The summed E-state index contributed by atoms with van der Waals surface area (Å²) in [7, 11) is 2.08. The number of rotatable bonds is 4. The SMILES string of the molecule is CN1CCOC(CCNC(=O)c2cnccn2)C1. The average Bonchev–Trinajstić information content (AvgIpc) is 2.40. The summed E-state index contributed by atoms with van der Waals surface area (Å²) in [6, 6.07) is 0. The van der Waals surface area contributed by atoms with Crippen molar-refractivity contribution in [2.75, 3.05) is 33.3 Å². The number of nitrogens with zero attached hydrogens (tertiary/aromatic N) is 3. The van der Waals surface area contributed by atoms with Crippen LogP contribution >= 0.6 is 0 Å². The molecule has 1 saturated heterocycles. The highest BCUT2D eigenvalue weighted by Gasteiger charge is 2.17. The molecule has 2 heterocycles. The molecule has 0 bridgehead atoms. The summed E-state index contributed by atoms with van der Waals surface area (Å²) in [6.07, 6.45) is 5.53. The molecule has 1 fully saturated rings. The van der Waals surface area contributed by atoms with Crippen molar-refractivity contribution in [1.82, 2.24) is 20.2 Å². The van der Waals surface area contributed by atoms with Gasteiger partial charge in [-0.3, -0.25) is 9.78 Å². The van der Waals surface area contributed by atoms with E-state index in [1.165, 1.54) is 12.4 Å². The van der Waals surface area contributed by atoms with Gasteiger partial charge in [0.1, 0.15) is 5.69 Å². The highest BCUT2D eigenvalue weighted by molar-refractivity contribution is 5.91. The fourth-order valence-corrected chi connectivity index (χ4v) is 1.90. The number of ether oxygens (including phenoxy) is 1. The Kier molecular flexibility index (Phi) is 4.60. The first-order valence-corrected chi connectivity index (χ1v) is 6.10. The van der Waals surface area contributed by atoms with Crippen LogP contribution in [0.5, 0.6) is 0 Å². The highest BCUT2D eigenvalue weighted by atomic mass is 16.5. The molecule has 0 radical (unpaired) electrons. The Labute approximate surface area is 106 Å². The third-order valence-electron chi connectivity index (χ3n) is 2.89. The molecule has 0 aromatic carbocycles. The number of hydrogen-bond acceptors (Lipinski definition) is 5. The molecule has 1 aliphatic heterocycles. The summed E-state index contributed by atoms with van der Waals surface area (Å²) in [5.74, 6) is -0.188. The smallest absolute Gasteiger partial charge is 0.271 e. The van der Waals surface area contributed by atoms with E-state index < -0.39 is 0 Å². The van der Waals surface area contributed by atoms with E-state index in [4.69, 9.17) is 4.74 Å². The van der Waals surface area contributed by atoms with Crippen LogP contribution in [-0.2, 0) is 4.74 Å². The van der Waals surface area contributed by atoms with E-state index in [0.29, 0.717) is 12.2 Å². The van der Waals surface area contributed by atoms with Crippen LogP contribution in [0.1, 0.15) is 16.9 Å². The fourth-order valence-electron chi connectivity index (χ4n) is 1.90. The Morgan fingerprint density at radius 1 is 1.61 bits per heavy atom. The molecule has 1 aromatic rings. The highest BCUT2D eigenvalue weighted by Crippen LogP contribution is 2.05. The average molecular weight is 250 g/mol. The molecule has 1 N–H and O–H groups in total. The van der Waals surface area contributed by atoms with Crippen LogP contribution in [0.2, 0.25) is 0 Å². The van der Waals surface area contributed by atoms with Crippen molar-refractivity contribution in [3.05, 3.63) is 24.3 Å². The maximum Gasteiger partial charge on any atom is 0.271 e. The van der Waals surface area contributed by atoms with E-state index in [-0.39, 0.29) is 12.0 Å². The lowest BCUT2D eigenvalue weighted by Gasteiger charge is -2.30. The topological polar surface area (TPSA) is 67.3 Å². The normalized spacial score (nSPS) is 20.6. The molecule has 18 heavy (non-hydrogen) atoms. The van der Waals surface area contributed by atoms with Crippen LogP contribution in [0, 0.1) is 0 Å². The first-order valence-electron chi connectivity index (χ1n) is 6.10. The first kappa shape index (κ1) is 12.9. The minimum absolute atomic E-state index is 0.188. The number of morpholine rings is 1. The quantitative estimate of drug-likeness (QED) is 0.810. The molecule has 98 valence electrons. The largest absolute Gasteiger partial charge is 0.375 e. The molecule has 2 rings (SSSR count). The molecule has 1 aliphatic rings. The van der Waals surface area contributed by atoms with Crippen LogP contribution in [0.25, 0.3) is 0 Å². The summed E-state index contributed by atoms with van der Waals surface area (Å²) < 4.78 is 5.61. The molecule has 1 aromatic heterocycles. The predicted octanol–water partition coefficient (Wildman–Crippen LogP) is -0.0729. The van der Waals surface area contributed by atoms with Crippen LogP contribution in [0.4, 0.5) is 0 Å². The zero-order valence-corrected chi connectivity index (χ0v) is 10.5.